The standard InChI is InChI=1S/C15H25N/c1-5-12-16(4)15-10-8-14(9-11-15)13(6-2)7-3/h8-11,13H,5-7,12H2,1-4H3. The Hall–Kier alpha value is -0.980. The van der Waals surface area contributed by atoms with E-state index in [1.165, 1.54) is 30.5 Å². The second kappa shape index (κ2) is 6.57. The van der Waals surface area contributed by atoms with Crippen molar-refractivity contribution < 1.29 is 0 Å². The van der Waals surface area contributed by atoms with Crippen LogP contribution in [-0.2, 0) is 0 Å². The van der Waals surface area contributed by atoms with Gasteiger partial charge in [-0.05, 0) is 42.9 Å². The van der Waals surface area contributed by atoms with E-state index < -0.39 is 0 Å². The molecule has 0 bridgehead atoms. The van der Waals surface area contributed by atoms with Crippen LogP contribution in [0.4, 0.5) is 5.69 Å². The zero-order valence-electron chi connectivity index (χ0n) is 11.2. The van der Waals surface area contributed by atoms with Crippen molar-refractivity contribution in [3.63, 3.8) is 0 Å². The highest BCUT2D eigenvalue weighted by atomic mass is 15.1. The van der Waals surface area contributed by atoms with Crippen molar-refractivity contribution in [2.24, 2.45) is 0 Å². The summed E-state index contributed by atoms with van der Waals surface area (Å²) in [5, 5.41) is 0. The molecule has 90 valence electrons. The van der Waals surface area contributed by atoms with E-state index in [4.69, 9.17) is 0 Å². The van der Waals surface area contributed by atoms with Crippen LogP contribution < -0.4 is 4.90 Å². The molecule has 0 unspecified atom stereocenters. The maximum atomic E-state index is 2.32. The minimum atomic E-state index is 0.727. The van der Waals surface area contributed by atoms with Crippen LogP contribution in [0.1, 0.15) is 51.5 Å². The minimum Gasteiger partial charge on any atom is -0.375 e. The molecule has 0 radical (unpaired) electrons. The molecular formula is C15H25N. The lowest BCUT2D eigenvalue weighted by atomic mass is 9.94. The second-order valence-corrected chi connectivity index (χ2v) is 4.53. The molecule has 16 heavy (non-hydrogen) atoms. The lowest BCUT2D eigenvalue weighted by Crippen LogP contribution is -2.17. The Morgan fingerprint density at radius 2 is 1.56 bits per heavy atom. The van der Waals surface area contributed by atoms with E-state index in [1.54, 1.807) is 0 Å². The monoisotopic (exact) mass is 219 g/mol. The molecule has 0 aromatic heterocycles. The van der Waals surface area contributed by atoms with Crippen molar-refractivity contribution >= 4 is 5.69 Å². The topological polar surface area (TPSA) is 3.24 Å². The molecule has 1 heteroatoms. The lowest BCUT2D eigenvalue weighted by Gasteiger charge is -2.20. The fraction of sp³-hybridized carbons (Fsp3) is 0.600. The largest absolute Gasteiger partial charge is 0.375 e. The summed E-state index contributed by atoms with van der Waals surface area (Å²) < 4.78 is 0. The van der Waals surface area contributed by atoms with E-state index in [2.05, 4.69) is 57.0 Å². The van der Waals surface area contributed by atoms with Crippen molar-refractivity contribution in [3.8, 4) is 0 Å². The van der Waals surface area contributed by atoms with Gasteiger partial charge in [-0.25, -0.2) is 0 Å². The average molecular weight is 219 g/mol. The Morgan fingerprint density at radius 3 is 2.00 bits per heavy atom. The third-order valence-corrected chi connectivity index (χ3v) is 3.35. The van der Waals surface area contributed by atoms with E-state index in [9.17, 15) is 0 Å². The highest BCUT2D eigenvalue weighted by Crippen LogP contribution is 2.25. The zero-order chi connectivity index (χ0) is 12.0. The number of anilines is 1. The van der Waals surface area contributed by atoms with Crippen molar-refractivity contribution in [2.75, 3.05) is 18.5 Å². The van der Waals surface area contributed by atoms with Gasteiger partial charge < -0.3 is 4.90 Å². The fourth-order valence-electron chi connectivity index (χ4n) is 2.23. The molecule has 0 heterocycles. The predicted molar refractivity (Wildman–Crippen MR) is 73.3 cm³/mol. The predicted octanol–water partition coefficient (Wildman–Crippen LogP) is 4.44. The van der Waals surface area contributed by atoms with Gasteiger partial charge in [0.1, 0.15) is 0 Å². The maximum Gasteiger partial charge on any atom is 0.0363 e. The van der Waals surface area contributed by atoms with E-state index in [-0.39, 0.29) is 0 Å². The van der Waals surface area contributed by atoms with Gasteiger partial charge in [-0.3, -0.25) is 0 Å². The van der Waals surface area contributed by atoms with Gasteiger partial charge in [0, 0.05) is 19.3 Å². The summed E-state index contributed by atoms with van der Waals surface area (Å²) in [4.78, 5) is 2.32. The molecule has 0 saturated heterocycles. The first-order chi connectivity index (χ1) is 7.72. The van der Waals surface area contributed by atoms with Crippen LogP contribution in [0.25, 0.3) is 0 Å². The van der Waals surface area contributed by atoms with E-state index >= 15 is 0 Å². The SMILES string of the molecule is CCCN(C)c1ccc(C(CC)CC)cc1. The molecular weight excluding hydrogens is 194 g/mol. The van der Waals surface area contributed by atoms with Crippen LogP contribution in [0, 0.1) is 0 Å². The van der Waals surface area contributed by atoms with Gasteiger partial charge in [0.15, 0.2) is 0 Å². The third-order valence-electron chi connectivity index (χ3n) is 3.35. The first-order valence-corrected chi connectivity index (χ1v) is 6.53. The number of hydrogen-bond acceptors (Lipinski definition) is 1. The summed E-state index contributed by atoms with van der Waals surface area (Å²) in [7, 11) is 2.16. The molecule has 0 fully saturated rings. The zero-order valence-corrected chi connectivity index (χ0v) is 11.2. The van der Waals surface area contributed by atoms with Crippen molar-refractivity contribution in [1.82, 2.24) is 0 Å². The summed E-state index contributed by atoms with van der Waals surface area (Å²) in [6.07, 6.45) is 3.67. The quantitative estimate of drug-likeness (QED) is 0.684. The summed E-state index contributed by atoms with van der Waals surface area (Å²) in [6.45, 7) is 7.88. The highest BCUT2D eigenvalue weighted by molar-refractivity contribution is 5.47. The van der Waals surface area contributed by atoms with Crippen LogP contribution in [-0.4, -0.2) is 13.6 Å². The normalized spacial score (nSPS) is 10.8. The summed E-state index contributed by atoms with van der Waals surface area (Å²) in [5.74, 6) is 0.727. The summed E-state index contributed by atoms with van der Waals surface area (Å²) >= 11 is 0. The molecule has 1 aromatic rings. The van der Waals surface area contributed by atoms with Gasteiger partial charge >= 0.3 is 0 Å². The van der Waals surface area contributed by atoms with Crippen LogP contribution >= 0.6 is 0 Å². The van der Waals surface area contributed by atoms with Crippen LogP contribution in [0.5, 0.6) is 0 Å². The maximum absolute atomic E-state index is 2.32. The van der Waals surface area contributed by atoms with E-state index in [1.807, 2.05) is 0 Å². The molecule has 1 rings (SSSR count). The minimum absolute atomic E-state index is 0.727. The summed E-state index contributed by atoms with van der Waals surface area (Å²) in [5.41, 5.74) is 2.82. The first kappa shape index (κ1) is 13.1. The van der Waals surface area contributed by atoms with E-state index in [0.29, 0.717) is 0 Å². The van der Waals surface area contributed by atoms with Gasteiger partial charge in [-0.15, -0.1) is 0 Å². The fourth-order valence-corrected chi connectivity index (χ4v) is 2.23. The Morgan fingerprint density at radius 1 is 1.00 bits per heavy atom. The molecule has 0 amide bonds. The Bertz CT molecular complexity index is 285. The Kier molecular flexibility index (Phi) is 5.37. The van der Waals surface area contributed by atoms with Gasteiger partial charge in [-0.2, -0.15) is 0 Å². The molecule has 0 atom stereocenters. The number of hydrogen-bond donors (Lipinski definition) is 0. The average Bonchev–Trinajstić information content (AvgIpc) is 2.32. The number of benzene rings is 1. The number of rotatable bonds is 6. The van der Waals surface area contributed by atoms with E-state index in [0.717, 1.165) is 12.5 Å². The third kappa shape index (κ3) is 3.26. The highest BCUT2D eigenvalue weighted by Gasteiger charge is 2.07. The van der Waals surface area contributed by atoms with Crippen LogP contribution in [0.3, 0.4) is 0 Å². The molecule has 0 aliphatic rings. The molecule has 1 aromatic carbocycles. The molecule has 0 saturated carbocycles. The van der Waals surface area contributed by atoms with Crippen LogP contribution in [0.15, 0.2) is 24.3 Å². The van der Waals surface area contributed by atoms with Gasteiger partial charge in [0.05, 0.1) is 0 Å². The first-order valence-electron chi connectivity index (χ1n) is 6.53. The van der Waals surface area contributed by atoms with Crippen molar-refractivity contribution in [3.05, 3.63) is 29.8 Å². The van der Waals surface area contributed by atoms with Crippen molar-refractivity contribution in [1.29, 1.82) is 0 Å². The molecule has 0 spiro atoms. The van der Waals surface area contributed by atoms with Crippen molar-refractivity contribution in [2.45, 2.75) is 46.0 Å². The van der Waals surface area contributed by atoms with Gasteiger partial charge in [-0.1, -0.05) is 32.9 Å². The Balaban J connectivity index is 2.74. The smallest absolute Gasteiger partial charge is 0.0363 e. The van der Waals surface area contributed by atoms with Gasteiger partial charge in [0.25, 0.3) is 0 Å². The van der Waals surface area contributed by atoms with Crippen LogP contribution in [0.2, 0.25) is 0 Å². The molecule has 0 N–H and O–H groups in total. The Labute approximate surface area is 100 Å². The summed E-state index contributed by atoms with van der Waals surface area (Å²) in [6, 6.07) is 9.09. The van der Waals surface area contributed by atoms with Gasteiger partial charge in [0.2, 0.25) is 0 Å². The molecule has 0 aliphatic carbocycles. The number of nitrogens with zero attached hydrogens (tertiary/aromatic N) is 1. The molecule has 1 nitrogen and oxygen atoms in total. The molecule has 0 aliphatic heterocycles. The lowest BCUT2D eigenvalue weighted by molar-refractivity contribution is 0.642. The second-order valence-electron chi connectivity index (χ2n) is 4.53.